The number of aromatic amines is 1. The van der Waals surface area contributed by atoms with Crippen LogP contribution >= 0.6 is 0 Å². The maximum atomic E-state index is 12.5. The molecule has 0 aliphatic rings. The number of aromatic nitrogens is 8. The molecule has 3 N–H and O–H groups in total. The number of hydrogen-bond donors (Lipinski definition) is 3. The molecule has 36 heavy (non-hydrogen) atoms. The highest BCUT2D eigenvalue weighted by molar-refractivity contribution is 6.03. The molecule has 0 saturated carbocycles. The van der Waals surface area contributed by atoms with Crippen LogP contribution in [-0.4, -0.2) is 45.6 Å². The number of anilines is 3. The summed E-state index contributed by atoms with van der Waals surface area (Å²) in [6.07, 6.45) is 8.43. The Kier molecular flexibility index (Phi) is 5.19. The van der Waals surface area contributed by atoms with Crippen molar-refractivity contribution in [3.05, 3.63) is 91.1 Å². The number of fused-ring (bicyclic) bond motifs is 1. The first kappa shape index (κ1) is 21.2. The summed E-state index contributed by atoms with van der Waals surface area (Å²) in [6.45, 7) is 0. The molecule has 0 aliphatic heterocycles. The Morgan fingerprint density at radius 2 is 1.92 bits per heavy atom. The Labute approximate surface area is 204 Å². The smallest absolute Gasteiger partial charge is 0.260 e. The quantitative estimate of drug-likeness (QED) is 0.332. The molecule has 11 heteroatoms. The number of nitrogens with zero attached hydrogens (tertiary/aromatic N) is 7. The molecule has 6 aromatic rings. The van der Waals surface area contributed by atoms with Gasteiger partial charge in [-0.15, -0.1) is 5.10 Å². The number of pyridine rings is 2. The number of nitrogens with one attached hydrogen (secondary N) is 3. The third-order valence-electron chi connectivity index (χ3n) is 5.57. The fourth-order valence-corrected chi connectivity index (χ4v) is 3.84. The van der Waals surface area contributed by atoms with Crippen LogP contribution in [0.2, 0.25) is 0 Å². The van der Waals surface area contributed by atoms with Gasteiger partial charge in [0.2, 0.25) is 0 Å². The van der Waals surface area contributed by atoms with Gasteiger partial charge < -0.3 is 10.6 Å². The zero-order valence-corrected chi connectivity index (χ0v) is 19.1. The third-order valence-corrected chi connectivity index (χ3v) is 5.57. The number of rotatable bonds is 6. The first-order chi connectivity index (χ1) is 17.6. The van der Waals surface area contributed by atoms with Gasteiger partial charge in [0.1, 0.15) is 5.82 Å². The highest BCUT2D eigenvalue weighted by atomic mass is 16.1. The van der Waals surface area contributed by atoms with Crippen molar-refractivity contribution in [3.63, 3.8) is 0 Å². The topological polar surface area (TPSA) is 131 Å². The average Bonchev–Trinajstić information content (AvgIpc) is 3.66. The minimum atomic E-state index is -0.285. The molecule has 0 radical (unpaired) electrons. The van der Waals surface area contributed by atoms with Crippen LogP contribution in [0, 0.1) is 0 Å². The van der Waals surface area contributed by atoms with E-state index in [4.69, 9.17) is 5.10 Å². The molecule has 11 nitrogen and oxygen atoms in total. The van der Waals surface area contributed by atoms with E-state index in [1.807, 2.05) is 48.5 Å². The van der Waals surface area contributed by atoms with E-state index in [1.54, 1.807) is 47.3 Å². The monoisotopic (exact) mass is 476 g/mol. The molecule has 0 spiro atoms. The van der Waals surface area contributed by atoms with Crippen LogP contribution in [0.1, 0.15) is 10.4 Å². The number of benzene rings is 1. The van der Waals surface area contributed by atoms with Gasteiger partial charge in [-0.05, 0) is 36.4 Å². The van der Waals surface area contributed by atoms with E-state index in [-0.39, 0.29) is 5.91 Å². The van der Waals surface area contributed by atoms with Crippen molar-refractivity contribution in [2.24, 2.45) is 7.05 Å². The summed E-state index contributed by atoms with van der Waals surface area (Å²) >= 11 is 0. The predicted molar refractivity (Wildman–Crippen MR) is 135 cm³/mol. The number of carbonyl (C=O) groups excluding carboxylic acids is 1. The highest BCUT2D eigenvalue weighted by Gasteiger charge is 2.15. The maximum absolute atomic E-state index is 12.5. The molecular weight excluding hydrogens is 456 g/mol. The molecule has 0 atom stereocenters. The first-order valence-corrected chi connectivity index (χ1v) is 11.1. The Balaban J connectivity index is 1.30. The minimum absolute atomic E-state index is 0.285. The summed E-state index contributed by atoms with van der Waals surface area (Å²) in [4.78, 5) is 21.7. The third kappa shape index (κ3) is 4.05. The zero-order chi connectivity index (χ0) is 24.5. The molecule has 6 rings (SSSR count). The van der Waals surface area contributed by atoms with Gasteiger partial charge in [-0.1, -0.05) is 18.2 Å². The number of amides is 1. The van der Waals surface area contributed by atoms with Gasteiger partial charge in [0.05, 0.1) is 41.1 Å². The summed E-state index contributed by atoms with van der Waals surface area (Å²) < 4.78 is 3.31. The van der Waals surface area contributed by atoms with E-state index in [0.29, 0.717) is 23.0 Å². The SMILES string of the molecule is Cn1cc(C(=O)Nc2cccc(-n3nc(Nc4ccc(-c5cn[nH]c5)nc4)c4ccccc43)n2)cn1. The number of H-pyrrole nitrogens is 1. The van der Waals surface area contributed by atoms with Crippen LogP contribution in [-0.2, 0) is 7.05 Å². The lowest BCUT2D eigenvalue weighted by Gasteiger charge is -2.07. The first-order valence-electron chi connectivity index (χ1n) is 11.1. The predicted octanol–water partition coefficient (Wildman–Crippen LogP) is 3.94. The second kappa shape index (κ2) is 8.80. The van der Waals surface area contributed by atoms with Gasteiger partial charge in [-0.25, -0.2) is 9.67 Å². The van der Waals surface area contributed by atoms with Crippen molar-refractivity contribution in [3.8, 4) is 17.1 Å². The van der Waals surface area contributed by atoms with Gasteiger partial charge in [0.15, 0.2) is 11.6 Å². The molecule has 0 aliphatic carbocycles. The van der Waals surface area contributed by atoms with E-state index in [1.165, 1.54) is 6.20 Å². The number of para-hydroxylation sites is 1. The Hall–Kier alpha value is -5.32. The van der Waals surface area contributed by atoms with E-state index in [2.05, 4.69) is 35.9 Å². The molecule has 0 bridgehead atoms. The van der Waals surface area contributed by atoms with Gasteiger partial charge >= 0.3 is 0 Å². The van der Waals surface area contributed by atoms with Crippen LogP contribution < -0.4 is 10.6 Å². The van der Waals surface area contributed by atoms with Crippen LogP contribution in [0.15, 0.2) is 85.6 Å². The summed E-state index contributed by atoms with van der Waals surface area (Å²) in [5.74, 6) is 1.35. The van der Waals surface area contributed by atoms with E-state index < -0.39 is 0 Å². The highest BCUT2D eigenvalue weighted by Crippen LogP contribution is 2.28. The minimum Gasteiger partial charge on any atom is -0.337 e. The molecule has 0 unspecified atom stereocenters. The molecule has 176 valence electrons. The largest absolute Gasteiger partial charge is 0.337 e. The van der Waals surface area contributed by atoms with Crippen molar-refractivity contribution < 1.29 is 4.79 Å². The molecule has 1 aromatic carbocycles. The number of aryl methyl sites for hydroxylation is 1. The second-order valence-corrected chi connectivity index (χ2v) is 8.06. The van der Waals surface area contributed by atoms with Crippen molar-refractivity contribution in [1.29, 1.82) is 0 Å². The van der Waals surface area contributed by atoms with Gasteiger partial charge in [-0.3, -0.25) is 19.6 Å². The van der Waals surface area contributed by atoms with Gasteiger partial charge in [0, 0.05) is 30.4 Å². The van der Waals surface area contributed by atoms with Crippen molar-refractivity contribution >= 4 is 34.1 Å². The van der Waals surface area contributed by atoms with Crippen molar-refractivity contribution in [2.75, 3.05) is 10.6 Å². The van der Waals surface area contributed by atoms with E-state index in [9.17, 15) is 4.79 Å². The summed E-state index contributed by atoms with van der Waals surface area (Å²) in [6, 6.07) is 17.1. The summed E-state index contributed by atoms with van der Waals surface area (Å²) in [7, 11) is 1.76. The van der Waals surface area contributed by atoms with Crippen molar-refractivity contribution in [1.82, 2.24) is 39.7 Å². The second-order valence-electron chi connectivity index (χ2n) is 8.06. The zero-order valence-electron chi connectivity index (χ0n) is 19.1. The fourth-order valence-electron chi connectivity index (χ4n) is 3.84. The number of carbonyl (C=O) groups is 1. The average molecular weight is 477 g/mol. The van der Waals surface area contributed by atoms with Crippen LogP contribution in [0.5, 0.6) is 0 Å². The lowest BCUT2D eigenvalue weighted by molar-refractivity contribution is 0.102. The Morgan fingerprint density at radius 3 is 2.69 bits per heavy atom. The summed E-state index contributed by atoms with van der Waals surface area (Å²) in [5, 5.41) is 22.7. The molecule has 0 saturated heterocycles. The van der Waals surface area contributed by atoms with Crippen LogP contribution in [0.4, 0.5) is 17.3 Å². The van der Waals surface area contributed by atoms with E-state index in [0.717, 1.165) is 27.8 Å². The standard InChI is InChI=1S/C25H20N10O/c1-34-15-17(13-29-34)25(36)32-22-7-4-8-23(31-22)35-21-6-3-2-5-19(21)24(33-35)30-18-9-10-20(26-14-18)16-11-27-28-12-16/h2-15H,1H3,(H,27,28)(H,30,33)(H,31,32,36). The molecule has 5 aromatic heterocycles. The molecular formula is C25H20N10O. The van der Waals surface area contributed by atoms with Crippen LogP contribution in [0.25, 0.3) is 28.0 Å². The maximum Gasteiger partial charge on any atom is 0.260 e. The Morgan fingerprint density at radius 1 is 1.00 bits per heavy atom. The van der Waals surface area contributed by atoms with Gasteiger partial charge in [0.25, 0.3) is 5.91 Å². The lowest BCUT2D eigenvalue weighted by atomic mass is 10.2. The van der Waals surface area contributed by atoms with E-state index >= 15 is 0 Å². The molecule has 5 heterocycles. The normalized spacial score (nSPS) is 11.0. The van der Waals surface area contributed by atoms with Crippen LogP contribution in [0.3, 0.4) is 0 Å². The lowest BCUT2D eigenvalue weighted by Crippen LogP contribution is -2.13. The van der Waals surface area contributed by atoms with Crippen molar-refractivity contribution in [2.45, 2.75) is 0 Å². The summed E-state index contributed by atoms with van der Waals surface area (Å²) in [5.41, 5.74) is 3.85. The Bertz CT molecular complexity index is 1670. The fraction of sp³-hybridized carbons (Fsp3) is 0.0400. The molecule has 0 fully saturated rings. The molecule has 1 amide bonds. The van der Waals surface area contributed by atoms with Gasteiger partial charge in [-0.2, -0.15) is 10.2 Å². The number of hydrogen-bond acceptors (Lipinski definition) is 7.